The van der Waals surface area contributed by atoms with Crippen LogP contribution < -0.4 is 4.90 Å². The molecule has 20 heavy (non-hydrogen) atoms. The Morgan fingerprint density at radius 1 is 1.50 bits per heavy atom. The SMILES string of the molecule is COC(=O)C1CC(=O)N(c2cc(C(F)(F)F)ccn2)C1. The van der Waals surface area contributed by atoms with E-state index in [1.165, 1.54) is 7.11 Å². The molecule has 1 saturated heterocycles. The lowest BCUT2D eigenvalue weighted by molar-refractivity contribution is -0.145. The molecule has 1 unspecified atom stereocenters. The number of methoxy groups -OCH3 is 1. The van der Waals surface area contributed by atoms with Gasteiger partial charge < -0.3 is 4.74 Å². The highest BCUT2D eigenvalue weighted by atomic mass is 19.4. The van der Waals surface area contributed by atoms with Crippen LogP contribution in [-0.4, -0.2) is 30.5 Å². The van der Waals surface area contributed by atoms with Crippen LogP contribution in [0.25, 0.3) is 0 Å². The second kappa shape index (κ2) is 5.10. The average Bonchev–Trinajstić information content (AvgIpc) is 2.79. The molecule has 8 heteroatoms. The van der Waals surface area contributed by atoms with E-state index in [2.05, 4.69) is 9.72 Å². The van der Waals surface area contributed by atoms with Crippen LogP contribution in [0.1, 0.15) is 12.0 Å². The van der Waals surface area contributed by atoms with E-state index < -0.39 is 29.5 Å². The summed E-state index contributed by atoms with van der Waals surface area (Å²) in [5.74, 6) is -1.81. The predicted molar refractivity (Wildman–Crippen MR) is 61.7 cm³/mol. The third-order valence-corrected chi connectivity index (χ3v) is 3.01. The van der Waals surface area contributed by atoms with E-state index in [1.54, 1.807) is 0 Å². The van der Waals surface area contributed by atoms with Gasteiger partial charge in [-0.05, 0) is 12.1 Å². The Hall–Kier alpha value is -2.12. The second-order valence-corrected chi connectivity index (χ2v) is 4.33. The Kier molecular flexibility index (Phi) is 3.65. The van der Waals surface area contributed by atoms with E-state index in [0.717, 1.165) is 23.2 Å². The zero-order chi connectivity index (χ0) is 14.9. The van der Waals surface area contributed by atoms with Crippen molar-refractivity contribution in [3.8, 4) is 0 Å². The normalized spacial score (nSPS) is 19.3. The number of carbonyl (C=O) groups is 2. The second-order valence-electron chi connectivity index (χ2n) is 4.33. The number of hydrogen-bond acceptors (Lipinski definition) is 4. The fourth-order valence-electron chi connectivity index (χ4n) is 2.00. The highest BCUT2D eigenvalue weighted by Crippen LogP contribution is 2.32. The van der Waals surface area contributed by atoms with Gasteiger partial charge in [-0.2, -0.15) is 13.2 Å². The van der Waals surface area contributed by atoms with Crippen LogP contribution in [0.2, 0.25) is 0 Å². The highest BCUT2D eigenvalue weighted by molar-refractivity contribution is 5.98. The van der Waals surface area contributed by atoms with E-state index in [-0.39, 0.29) is 18.8 Å². The number of pyridine rings is 1. The summed E-state index contributed by atoms with van der Waals surface area (Å²) in [6, 6.07) is 1.61. The van der Waals surface area contributed by atoms with Crippen LogP contribution in [0.5, 0.6) is 0 Å². The lowest BCUT2D eigenvalue weighted by Gasteiger charge is -2.16. The molecule has 0 aliphatic carbocycles. The first kappa shape index (κ1) is 14.3. The Bertz CT molecular complexity index is 545. The minimum Gasteiger partial charge on any atom is -0.469 e. The van der Waals surface area contributed by atoms with Crippen LogP contribution in [0.15, 0.2) is 18.3 Å². The predicted octanol–water partition coefficient (Wildman–Crippen LogP) is 1.63. The molecule has 1 aliphatic heterocycles. The molecular formula is C12H11F3N2O3. The van der Waals surface area contributed by atoms with Crippen molar-refractivity contribution < 1.29 is 27.5 Å². The monoisotopic (exact) mass is 288 g/mol. The number of rotatable bonds is 2. The maximum absolute atomic E-state index is 12.6. The van der Waals surface area contributed by atoms with Crippen LogP contribution in [0, 0.1) is 5.92 Å². The van der Waals surface area contributed by atoms with Gasteiger partial charge in [-0.15, -0.1) is 0 Å². The molecule has 2 rings (SSSR count). The Labute approximate surface area is 112 Å². The number of esters is 1. The first-order chi connectivity index (χ1) is 9.32. The molecule has 0 radical (unpaired) electrons. The van der Waals surface area contributed by atoms with Gasteiger partial charge in [0.2, 0.25) is 5.91 Å². The van der Waals surface area contributed by atoms with Gasteiger partial charge in [0.05, 0.1) is 18.6 Å². The number of hydrogen-bond donors (Lipinski definition) is 0. The molecule has 1 aromatic heterocycles. The van der Waals surface area contributed by atoms with Gasteiger partial charge in [-0.1, -0.05) is 0 Å². The zero-order valence-electron chi connectivity index (χ0n) is 10.5. The van der Waals surface area contributed by atoms with Gasteiger partial charge in [-0.3, -0.25) is 14.5 Å². The molecule has 108 valence electrons. The van der Waals surface area contributed by atoms with Crippen molar-refractivity contribution in [1.29, 1.82) is 0 Å². The quantitative estimate of drug-likeness (QED) is 0.776. The molecular weight excluding hydrogens is 277 g/mol. The maximum atomic E-state index is 12.6. The Morgan fingerprint density at radius 3 is 2.80 bits per heavy atom. The van der Waals surface area contributed by atoms with Crippen LogP contribution in [0.3, 0.4) is 0 Å². The van der Waals surface area contributed by atoms with Gasteiger partial charge in [0.25, 0.3) is 0 Å². The van der Waals surface area contributed by atoms with E-state index in [9.17, 15) is 22.8 Å². The summed E-state index contributed by atoms with van der Waals surface area (Å²) in [5, 5.41) is 0. The van der Waals surface area contributed by atoms with Gasteiger partial charge in [0, 0.05) is 19.2 Å². The average molecular weight is 288 g/mol. The number of carbonyl (C=O) groups excluding carboxylic acids is 2. The summed E-state index contributed by atoms with van der Waals surface area (Å²) < 4.78 is 42.3. The summed E-state index contributed by atoms with van der Waals surface area (Å²) in [6.07, 6.45) is -3.62. The standard InChI is InChI=1S/C12H11F3N2O3/c1-20-11(19)7-4-10(18)17(6-7)9-5-8(2-3-16-9)12(13,14)15/h2-3,5,7H,4,6H2,1H3. The number of nitrogens with zero attached hydrogens (tertiary/aromatic N) is 2. The fourth-order valence-corrected chi connectivity index (χ4v) is 2.00. The number of aromatic nitrogens is 1. The number of alkyl halides is 3. The van der Waals surface area contributed by atoms with Crippen molar-refractivity contribution in [3.63, 3.8) is 0 Å². The van der Waals surface area contributed by atoms with Crippen molar-refractivity contribution in [2.24, 2.45) is 5.92 Å². The molecule has 0 spiro atoms. The summed E-state index contributed by atoms with van der Waals surface area (Å²) >= 11 is 0. The first-order valence-corrected chi connectivity index (χ1v) is 5.74. The van der Waals surface area contributed by atoms with Gasteiger partial charge >= 0.3 is 12.1 Å². The molecule has 0 bridgehead atoms. The smallest absolute Gasteiger partial charge is 0.416 e. The summed E-state index contributed by atoms with van der Waals surface area (Å²) in [4.78, 5) is 27.9. The highest BCUT2D eigenvalue weighted by Gasteiger charge is 2.38. The molecule has 0 saturated carbocycles. The number of amides is 1. The summed E-state index contributed by atoms with van der Waals surface area (Å²) in [6.45, 7) is -0.0280. The van der Waals surface area contributed by atoms with Gasteiger partial charge in [0.15, 0.2) is 0 Å². The Morgan fingerprint density at radius 2 is 2.20 bits per heavy atom. The largest absolute Gasteiger partial charge is 0.469 e. The summed E-state index contributed by atoms with van der Waals surface area (Å²) in [5.41, 5.74) is -0.892. The van der Waals surface area contributed by atoms with Crippen molar-refractivity contribution in [3.05, 3.63) is 23.9 Å². The van der Waals surface area contributed by atoms with Crippen LogP contribution in [-0.2, 0) is 20.5 Å². The van der Waals surface area contributed by atoms with E-state index in [4.69, 9.17) is 0 Å². The molecule has 1 atom stereocenters. The zero-order valence-corrected chi connectivity index (χ0v) is 10.5. The van der Waals surface area contributed by atoms with Crippen molar-refractivity contribution >= 4 is 17.7 Å². The van der Waals surface area contributed by atoms with Crippen LogP contribution in [0.4, 0.5) is 19.0 Å². The molecule has 1 amide bonds. The van der Waals surface area contributed by atoms with Crippen molar-refractivity contribution in [1.82, 2.24) is 4.98 Å². The molecule has 0 N–H and O–H groups in total. The van der Waals surface area contributed by atoms with E-state index in [0.29, 0.717) is 0 Å². The van der Waals surface area contributed by atoms with Gasteiger partial charge in [-0.25, -0.2) is 4.98 Å². The lowest BCUT2D eigenvalue weighted by atomic mass is 10.1. The third-order valence-electron chi connectivity index (χ3n) is 3.01. The molecule has 5 nitrogen and oxygen atoms in total. The number of ether oxygens (including phenoxy) is 1. The van der Waals surface area contributed by atoms with Crippen molar-refractivity contribution in [2.45, 2.75) is 12.6 Å². The topological polar surface area (TPSA) is 59.5 Å². The molecule has 1 aromatic rings. The van der Waals surface area contributed by atoms with Crippen molar-refractivity contribution in [2.75, 3.05) is 18.6 Å². The molecule has 1 fully saturated rings. The fraction of sp³-hybridized carbons (Fsp3) is 0.417. The van der Waals surface area contributed by atoms with E-state index >= 15 is 0 Å². The maximum Gasteiger partial charge on any atom is 0.416 e. The third kappa shape index (κ3) is 2.73. The molecule has 0 aromatic carbocycles. The van der Waals surface area contributed by atoms with Gasteiger partial charge in [0.1, 0.15) is 5.82 Å². The molecule has 2 heterocycles. The molecule has 1 aliphatic rings. The number of anilines is 1. The number of halogens is 3. The summed E-state index contributed by atoms with van der Waals surface area (Å²) in [7, 11) is 1.19. The Balaban J connectivity index is 2.24. The lowest BCUT2D eigenvalue weighted by Crippen LogP contribution is -2.27. The van der Waals surface area contributed by atoms with E-state index in [1.807, 2.05) is 0 Å². The first-order valence-electron chi connectivity index (χ1n) is 5.74. The van der Waals surface area contributed by atoms with Crippen LogP contribution >= 0.6 is 0 Å². The minimum absolute atomic E-state index is 0.0280. The minimum atomic E-state index is -4.51.